The fourth-order valence-corrected chi connectivity index (χ4v) is 4.53. The van der Waals surface area contributed by atoms with E-state index >= 15 is 0 Å². The van der Waals surface area contributed by atoms with Crippen molar-refractivity contribution in [1.82, 2.24) is 10.2 Å². The van der Waals surface area contributed by atoms with E-state index in [0.29, 0.717) is 23.7 Å². The molecule has 1 N–H and O–H groups in total. The Bertz CT molecular complexity index is 1100. The van der Waals surface area contributed by atoms with Gasteiger partial charge in [-0.25, -0.2) is 8.42 Å². The van der Waals surface area contributed by atoms with E-state index in [-0.39, 0.29) is 12.5 Å². The fourth-order valence-electron chi connectivity index (χ4n) is 3.57. The molecule has 0 aliphatic carbocycles. The van der Waals surface area contributed by atoms with Crippen LogP contribution in [0.2, 0.25) is 5.02 Å². The van der Waals surface area contributed by atoms with Crippen LogP contribution in [0.5, 0.6) is 0 Å². The molecule has 1 atom stereocenters. The molecule has 34 heavy (non-hydrogen) atoms. The third-order valence-electron chi connectivity index (χ3n) is 5.66. The van der Waals surface area contributed by atoms with Gasteiger partial charge in [0, 0.05) is 18.1 Å². The van der Waals surface area contributed by atoms with Crippen LogP contribution in [0, 0.1) is 13.8 Å². The first-order chi connectivity index (χ1) is 16.0. The Morgan fingerprint density at radius 2 is 1.68 bits per heavy atom. The van der Waals surface area contributed by atoms with Gasteiger partial charge < -0.3 is 10.2 Å². The molecule has 0 saturated carbocycles. The second-order valence-corrected chi connectivity index (χ2v) is 10.7. The number of hydrogen-bond donors (Lipinski definition) is 1. The second kappa shape index (κ2) is 12.2. The van der Waals surface area contributed by atoms with E-state index in [0.717, 1.165) is 33.7 Å². The van der Waals surface area contributed by atoms with Crippen molar-refractivity contribution in [2.24, 2.45) is 0 Å². The van der Waals surface area contributed by atoms with Gasteiger partial charge in [0.15, 0.2) is 0 Å². The van der Waals surface area contributed by atoms with Crippen molar-refractivity contribution in [1.29, 1.82) is 0 Å². The smallest absolute Gasteiger partial charge is 0.244 e. The van der Waals surface area contributed by atoms with Gasteiger partial charge in [-0.3, -0.25) is 13.9 Å². The lowest BCUT2D eigenvalue weighted by Gasteiger charge is -2.33. The first-order valence-electron chi connectivity index (χ1n) is 11.3. The van der Waals surface area contributed by atoms with Crippen LogP contribution in [-0.4, -0.2) is 50.5 Å². The minimum atomic E-state index is -3.75. The molecule has 2 aromatic rings. The summed E-state index contributed by atoms with van der Waals surface area (Å²) in [4.78, 5) is 27.9. The van der Waals surface area contributed by atoms with Crippen molar-refractivity contribution >= 4 is 39.1 Å². The topological polar surface area (TPSA) is 86.8 Å². The SMILES string of the molecule is CCCNC(=O)[C@@H](CC)N(Cc1ccc(Cl)cc1)C(=O)CN(c1ccc(C)c(C)c1)S(C)(=O)=O. The summed E-state index contributed by atoms with van der Waals surface area (Å²) >= 11 is 6.00. The van der Waals surface area contributed by atoms with Crippen LogP contribution in [0.4, 0.5) is 5.69 Å². The van der Waals surface area contributed by atoms with Crippen LogP contribution in [0.3, 0.4) is 0 Å². The third-order valence-corrected chi connectivity index (χ3v) is 7.05. The molecule has 2 rings (SSSR count). The predicted octanol–water partition coefficient (Wildman–Crippen LogP) is 4.06. The number of nitrogens with one attached hydrogen (secondary N) is 1. The third kappa shape index (κ3) is 7.46. The Morgan fingerprint density at radius 3 is 2.21 bits per heavy atom. The van der Waals surface area contributed by atoms with Crippen molar-refractivity contribution in [2.75, 3.05) is 23.7 Å². The van der Waals surface area contributed by atoms with Gasteiger partial charge in [-0.1, -0.05) is 43.6 Å². The van der Waals surface area contributed by atoms with Crippen LogP contribution < -0.4 is 9.62 Å². The molecule has 0 aromatic heterocycles. The highest BCUT2D eigenvalue weighted by Crippen LogP contribution is 2.23. The predicted molar refractivity (Wildman–Crippen MR) is 137 cm³/mol. The number of aryl methyl sites for hydroxylation is 2. The summed E-state index contributed by atoms with van der Waals surface area (Å²) in [5, 5.41) is 3.42. The van der Waals surface area contributed by atoms with Crippen molar-refractivity contribution in [2.45, 2.75) is 53.1 Å². The quantitative estimate of drug-likeness (QED) is 0.497. The van der Waals surface area contributed by atoms with Crippen molar-refractivity contribution in [3.63, 3.8) is 0 Å². The Morgan fingerprint density at radius 1 is 1.03 bits per heavy atom. The van der Waals surface area contributed by atoms with Crippen LogP contribution in [0.25, 0.3) is 0 Å². The van der Waals surface area contributed by atoms with E-state index < -0.39 is 28.5 Å². The van der Waals surface area contributed by atoms with Gasteiger partial charge in [0.25, 0.3) is 0 Å². The number of nitrogens with zero attached hydrogens (tertiary/aromatic N) is 2. The van der Waals surface area contributed by atoms with E-state index in [4.69, 9.17) is 11.6 Å². The molecular weight excluding hydrogens is 474 g/mol. The number of anilines is 1. The van der Waals surface area contributed by atoms with Gasteiger partial charge in [-0.05, 0) is 67.6 Å². The van der Waals surface area contributed by atoms with Crippen LogP contribution in [0.15, 0.2) is 42.5 Å². The molecule has 0 fully saturated rings. The Kier molecular flexibility index (Phi) is 9.94. The number of benzene rings is 2. The maximum absolute atomic E-state index is 13.6. The summed E-state index contributed by atoms with van der Waals surface area (Å²) in [6, 6.07) is 11.5. The zero-order valence-electron chi connectivity index (χ0n) is 20.5. The number of sulfonamides is 1. The molecule has 9 heteroatoms. The standard InChI is InChI=1S/C25H34ClN3O4S/c1-6-14-27-25(31)23(7-2)28(16-20-9-11-21(26)12-10-20)24(30)17-29(34(5,32)33)22-13-8-18(3)19(4)15-22/h8-13,15,23H,6-7,14,16-17H2,1-5H3,(H,27,31)/t23-/m1/s1. The van der Waals surface area contributed by atoms with Crippen molar-refractivity contribution in [3.8, 4) is 0 Å². The average Bonchev–Trinajstić information content (AvgIpc) is 2.78. The van der Waals surface area contributed by atoms with Gasteiger partial charge >= 0.3 is 0 Å². The molecule has 0 bridgehead atoms. The molecule has 0 radical (unpaired) electrons. The Labute approximate surface area is 208 Å². The fraction of sp³-hybridized carbons (Fsp3) is 0.440. The number of hydrogen-bond acceptors (Lipinski definition) is 4. The molecule has 186 valence electrons. The molecule has 0 unspecified atom stereocenters. The van der Waals surface area contributed by atoms with Crippen molar-refractivity contribution in [3.05, 3.63) is 64.2 Å². The Hall–Kier alpha value is -2.58. The summed E-state index contributed by atoms with van der Waals surface area (Å²) in [6.45, 7) is 7.84. The normalized spacial score (nSPS) is 12.2. The van der Waals surface area contributed by atoms with Crippen LogP contribution in [-0.2, 0) is 26.2 Å². The summed E-state index contributed by atoms with van der Waals surface area (Å²) < 4.78 is 26.4. The van der Waals surface area contributed by atoms with E-state index in [1.54, 1.807) is 36.4 Å². The van der Waals surface area contributed by atoms with Gasteiger partial charge in [-0.15, -0.1) is 0 Å². The zero-order valence-corrected chi connectivity index (χ0v) is 22.0. The summed E-state index contributed by atoms with van der Waals surface area (Å²) in [5.74, 6) is -0.721. The molecule has 2 aromatic carbocycles. The van der Waals surface area contributed by atoms with Crippen molar-refractivity contribution < 1.29 is 18.0 Å². The van der Waals surface area contributed by atoms with E-state index in [1.165, 1.54) is 4.90 Å². The lowest BCUT2D eigenvalue weighted by Crippen LogP contribution is -2.52. The van der Waals surface area contributed by atoms with Crippen LogP contribution in [0.1, 0.15) is 43.4 Å². The number of carbonyl (C=O) groups is 2. The average molecular weight is 508 g/mol. The lowest BCUT2D eigenvalue weighted by atomic mass is 10.1. The minimum absolute atomic E-state index is 0.151. The van der Waals surface area contributed by atoms with E-state index in [1.807, 2.05) is 33.8 Å². The van der Waals surface area contributed by atoms with E-state index in [2.05, 4.69) is 5.32 Å². The molecular formula is C25H34ClN3O4S. The number of halogens is 1. The van der Waals surface area contributed by atoms with Gasteiger partial charge in [0.05, 0.1) is 11.9 Å². The summed E-state index contributed by atoms with van der Waals surface area (Å²) in [7, 11) is -3.75. The molecule has 0 saturated heterocycles. The summed E-state index contributed by atoms with van der Waals surface area (Å²) in [5.41, 5.74) is 3.14. The van der Waals surface area contributed by atoms with E-state index in [9.17, 15) is 18.0 Å². The second-order valence-electron chi connectivity index (χ2n) is 8.40. The molecule has 0 aliphatic rings. The lowest BCUT2D eigenvalue weighted by molar-refractivity contribution is -0.140. The van der Waals surface area contributed by atoms with Gasteiger partial charge in [-0.2, -0.15) is 0 Å². The molecule has 7 nitrogen and oxygen atoms in total. The monoisotopic (exact) mass is 507 g/mol. The highest BCUT2D eigenvalue weighted by atomic mass is 35.5. The van der Waals surface area contributed by atoms with Crippen LogP contribution >= 0.6 is 11.6 Å². The maximum Gasteiger partial charge on any atom is 0.244 e. The summed E-state index contributed by atoms with van der Waals surface area (Å²) in [6.07, 6.45) is 2.23. The molecule has 0 aliphatic heterocycles. The molecule has 0 heterocycles. The number of amides is 2. The minimum Gasteiger partial charge on any atom is -0.354 e. The highest BCUT2D eigenvalue weighted by Gasteiger charge is 2.31. The van der Waals surface area contributed by atoms with Gasteiger partial charge in [0.2, 0.25) is 21.8 Å². The maximum atomic E-state index is 13.6. The number of rotatable bonds is 11. The first kappa shape index (κ1) is 27.7. The molecule has 0 spiro atoms. The Balaban J connectivity index is 2.43. The largest absolute Gasteiger partial charge is 0.354 e. The highest BCUT2D eigenvalue weighted by molar-refractivity contribution is 7.92. The first-order valence-corrected chi connectivity index (χ1v) is 13.6. The number of carbonyl (C=O) groups excluding carboxylic acids is 2. The molecule has 2 amide bonds. The zero-order chi connectivity index (χ0) is 25.5. The van der Waals surface area contributed by atoms with Gasteiger partial charge in [0.1, 0.15) is 12.6 Å².